The maximum Gasteiger partial charge on any atom is 0.297 e. The Kier molecular flexibility index (Phi) is 5.58. The van der Waals surface area contributed by atoms with Gasteiger partial charge in [0, 0.05) is 11.1 Å². The molecule has 5 nitrogen and oxygen atoms in total. The number of carbonyl (C=O) groups excluding carboxylic acids is 2. The summed E-state index contributed by atoms with van der Waals surface area (Å²) in [7, 11) is -3.95. The molecule has 2 aromatic carbocycles. The molecule has 0 spiro atoms. The molecule has 0 unspecified atom stereocenters. The molecule has 0 radical (unpaired) electrons. The zero-order chi connectivity index (χ0) is 19.6. The van der Waals surface area contributed by atoms with Crippen LogP contribution < -0.4 is 0 Å². The van der Waals surface area contributed by atoms with Gasteiger partial charge < -0.3 is 0 Å². The molecule has 0 saturated heterocycles. The monoisotopic (exact) mass is 386 g/mol. The summed E-state index contributed by atoms with van der Waals surface area (Å²) in [5, 5.41) is 0. The van der Waals surface area contributed by atoms with Crippen molar-refractivity contribution in [3.63, 3.8) is 0 Å². The van der Waals surface area contributed by atoms with E-state index in [1.54, 1.807) is 36.4 Å². The van der Waals surface area contributed by atoms with Crippen LogP contribution in [-0.4, -0.2) is 26.6 Å². The third kappa shape index (κ3) is 3.73. The lowest BCUT2D eigenvalue weighted by atomic mass is 10.0. The third-order valence-electron chi connectivity index (χ3n) is 4.93. The van der Waals surface area contributed by atoms with Gasteiger partial charge in [-0.05, 0) is 36.5 Å². The molecule has 2 aromatic rings. The van der Waals surface area contributed by atoms with Crippen LogP contribution >= 0.6 is 0 Å². The fraction of sp³-hybridized carbons (Fsp3) is 0.333. The Hall–Kier alpha value is -2.31. The quantitative estimate of drug-likeness (QED) is 0.537. The van der Waals surface area contributed by atoms with Gasteiger partial charge in [0.1, 0.15) is 0 Å². The molecule has 1 aliphatic rings. The number of aryl methyl sites for hydroxylation is 2. The van der Waals surface area contributed by atoms with Gasteiger partial charge in [-0.3, -0.25) is 13.8 Å². The van der Waals surface area contributed by atoms with Gasteiger partial charge in [-0.25, -0.2) is 0 Å². The lowest BCUT2D eigenvalue weighted by Crippen LogP contribution is -2.19. The molecule has 6 heteroatoms. The van der Waals surface area contributed by atoms with Gasteiger partial charge in [-0.15, -0.1) is 0 Å². The molecular formula is C21H22O5S. The molecule has 0 aromatic heterocycles. The van der Waals surface area contributed by atoms with E-state index in [4.69, 9.17) is 4.18 Å². The molecule has 1 aliphatic carbocycles. The Balaban J connectivity index is 1.73. The third-order valence-corrected chi connectivity index (χ3v) is 6.32. The number of benzene rings is 2. The van der Waals surface area contributed by atoms with Gasteiger partial charge in [0.2, 0.25) is 0 Å². The molecule has 142 valence electrons. The average Bonchev–Trinajstić information content (AvgIpc) is 2.92. The molecule has 0 saturated carbocycles. The van der Waals surface area contributed by atoms with Crippen LogP contribution in [0.3, 0.4) is 0 Å². The van der Waals surface area contributed by atoms with Gasteiger partial charge in [-0.1, -0.05) is 50.2 Å². The summed E-state index contributed by atoms with van der Waals surface area (Å²) in [6.07, 6.45) is 1.33. The topological polar surface area (TPSA) is 77.5 Å². The van der Waals surface area contributed by atoms with Crippen molar-refractivity contribution in [2.45, 2.75) is 38.0 Å². The van der Waals surface area contributed by atoms with Crippen molar-refractivity contribution in [3.8, 4) is 0 Å². The average molecular weight is 386 g/mol. The molecule has 27 heavy (non-hydrogen) atoms. The largest absolute Gasteiger partial charge is 0.297 e. The normalized spacial score (nSPS) is 14.6. The second-order valence-electron chi connectivity index (χ2n) is 6.54. The highest BCUT2D eigenvalue weighted by Gasteiger charge is 2.38. The zero-order valence-corrected chi connectivity index (χ0v) is 16.2. The summed E-state index contributed by atoms with van der Waals surface area (Å²) in [6, 6.07) is 12.0. The van der Waals surface area contributed by atoms with Crippen LogP contribution in [0.5, 0.6) is 0 Å². The van der Waals surface area contributed by atoms with Crippen LogP contribution in [-0.2, 0) is 27.1 Å². The van der Waals surface area contributed by atoms with Crippen molar-refractivity contribution in [2.75, 3.05) is 6.61 Å². The first kappa shape index (κ1) is 19.5. The van der Waals surface area contributed by atoms with Gasteiger partial charge >= 0.3 is 0 Å². The van der Waals surface area contributed by atoms with Gasteiger partial charge in [-0.2, -0.15) is 8.42 Å². The minimum absolute atomic E-state index is 0.0422. The van der Waals surface area contributed by atoms with Gasteiger partial charge in [0.15, 0.2) is 11.6 Å². The maximum atomic E-state index is 12.6. The predicted molar refractivity (Wildman–Crippen MR) is 102 cm³/mol. The van der Waals surface area contributed by atoms with Crippen molar-refractivity contribution in [1.29, 1.82) is 0 Å². The van der Waals surface area contributed by atoms with Gasteiger partial charge in [0.25, 0.3) is 10.1 Å². The Morgan fingerprint density at radius 3 is 2.11 bits per heavy atom. The Morgan fingerprint density at radius 2 is 1.56 bits per heavy atom. The minimum atomic E-state index is -3.95. The molecule has 0 bridgehead atoms. The Bertz CT molecular complexity index is 956. The number of hydrogen-bond donors (Lipinski definition) is 0. The number of ketones is 2. The Morgan fingerprint density at radius 1 is 0.926 bits per heavy atom. The molecule has 0 heterocycles. The number of rotatable bonds is 7. The number of Topliss-reactive ketones (excluding diaryl/α,β-unsaturated/α-hetero) is 2. The molecule has 3 rings (SSSR count). The first-order valence-corrected chi connectivity index (χ1v) is 10.5. The van der Waals surface area contributed by atoms with Crippen molar-refractivity contribution in [2.24, 2.45) is 5.92 Å². The van der Waals surface area contributed by atoms with Crippen molar-refractivity contribution in [1.82, 2.24) is 0 Å². The fourth-order valence-corrected chi connectivity index (χ4v) is 4.62. The van der Waals surface area contributed by atoms with Gasteiger partial charge in [0.05, 0.1) is 17.4 Å². The zero-order valence-electron chi connectivity index (χ0n) is 15.4. The fourth-order valence-electron chi connectivity index (χ4n) is 3.35. The lowest BCUT2D eigenvalue weighted by molar-refractivity contribution is 0.0816. The number of carbonyl (C=O) groups is 2. The van der Waals surface area contributed by atoms with E-state index in [9.17, 15) is 18.0 Å². The smallest absolute Gasteiger partial charge is 0.293 e. The van der Waals surface area contributed by atoms with Crippen molar-refractivity contribution in [3.05, 3.63) is 64.7 Å². The highest BCUT2D eigenvalue weighted by molar-refractivity contribution is 7.86. The van der Waals surface area contributed by atoms with Crippen LogP contribution in [0.4, 0.5) is 0 Å². The first-order chi connectivity index (χ1) is 12.9. The van der Waals surface area contributed by atoms with Crippen LogP contribution in [0.2, 0.25) is 0 Å². The predicted octanol–water partition coefficient (Wildman–Crippen LogP) is 3.60. The second-order valence-corrected chi connectivity index (χ2v) is 8.12. The number of fused-ring (bicyclic) bond motifs is 1. The second kappa shape index (κ2) is 7.74. The van der Waals surface area contributed by atoms with E-state index in [1.165, 1.54) is 0 Å². The van der Waals surface area contributed by atoms with Crippen molar-refractivity contribution >= 4 is 21.7 Å². The SMILES string of the molecule is CCc1ccc(CC)c(S(=O)(=O)OCCC2C(=O)c3ccccc3C2=O)c1. The summed E-state index contributed by atoms with van der Waals surface area (Å²) in [5.41, 5.74) is 2.40. The van der Waals surface area contributed by atoms with Crippen molar-refractivity contribution < 1.29 is 22.2 Å². The van der Waals surface area contributed by atoms with E-state index < -0.39 is 16.0 Å². The highest BCUT2D eigenvalue weighted by Crippen LogP contribution is 2.29. The molecule has 0 aliphatic heterocycles. The minimum Gasteiger partial charge on any atom is -0.293 e. The summed E-state index contributed by atoms with van der Waals surface area (Å²) in [6.45, 7) is 3.62. The van der Waals surface area contributed by atoms with Crippen LogP contribution in [0.1, 0.15) is 52.1 Å². The summed E-state index contributed by atoms with van der Waals surface area (Å²) in [4.78, 5) is 24.9. The summed E-state index contributed by atoms with van der Waals surface area (Å²) < 4.78 is 30.5. The summed E-state index contributed by atoms with van der Waals surface area (Å²) in [5.74, 6) is -1.40. The van der Waals surface area contributed by atoms with E-state index in [-0.39, 0.29) is 29.5 Å². The van der Waals surface area contributed by atoms with E-state index in [2.05, 4.69) is 0 Å². The van der Waals surface area contributed by atoms with E-state index in [0.29, 0.717) is 23.1 Å². The van der Waals surface area contributed by atoms with Crippen LogP contribution in [0, 0.1) is 5.92 Å². The Labute approximate surface area is 159 Å². The molecule has 0 fully saturated rings. The highest BCUT2D eigenvalue weighted by atomic mass is 32.2. The first-order valence-electron chi connectivity index (χ1n) is 9.07. The molecular weight excluding hydrogens is 364 g/mol. The van der Waals surface area contributed by atoms with E-state index in [0.717, 1.165) is 12.0 Å². The number of hydrogen-bond acceptors (Lipinski definition) is 5. The standard InChI is InChI=1S/C21H22O5S/c1-3-14-9-10-15(4-2)19(13-14)27(24,25)26-12-11-18-20(22)16-7-5-6-8-17(16)21(18)23/h5-10,13,18H,3-4,11-12H2,1-2H3. The lowest BCUT2D eigenvalue weighted by Gasteiger charge is -2.12. The van der Waals surface area contributed by atoms with E-state index >= 15 is 0 Å². The molecule has 0 N–H and O–H groups in total. The summed E-state index contributed by atoms with van der Waals surface area (Å²) >= 11 is 0. The molecule has 0 amide bonds. The van der Waals surface area contributed by atoms with Crippen LogP contribution in [0.25, 0.3) is 0 Å². The van der Waals surface area contributed by atoms with E-state index in [1.807, 2.05) is 19.9 Å². The van der Waals surface area contributed by atoms with Crippen LogP contribution in [0.15, 0.2) is 47.4 Å². The maximum absolute atomic E-state index is 12.6. The molecule has 0 atom stereocenters.